The van der Waals surface area contributed by atoms with Crippen LogP contribution in [0.25, 0.3) is 0 Å². The van der Waals surface area contributed by atoms with E-state index in [0.717, 1.165) is 55.4 Å². The van der Waals surface area contributed by atoms with Crippen molar-refractivity contribution in [2.45, 2.75) is 36.5 Å². The molecule has 2 aliphatic rings. The second-order valence-electron chi connectivity index (χ2n) is 7.69. The Kier molecular flexibility index (Phi) is 4.96. The van der Waals surface area contributed by atoms with Gasteiger partial charge in [-0.25, -0.2) is 0 Å². The van der Waals surface area contributed by atoms with Crippen molar-refractivity contribution in [2.75, 3.05) is 25.4 Å². The number of hydrogen-bond acceptors (Lipinski definition) is 4. The van der Waals surface area contributed by atoms with Crippen molar-refractivity contribution in [1.82, 2.24) is 19.7 Å². The Morgan fingerprint density at radius 3 is 2.70 bits per heavy atom. The lowest BCUT2D eigenvalue weighted by molar-refractivity contribution is -0.137. The van der Waals surface area contributed by atoms with Crippen LogP contribution in [-0.4, -0.2) is 45.1 Å². The summed E-state index contributed by atoms with van der Waals surface area (Å²) in [5.74, 6) is 1.43. The van der Waals surface area contributed by atoms with Gasteiger partial charge in [0.05, 0.1) is 5.56 Å². The van der Waals surface area contributed by atoms with Crippen molar-refractivity contribution in [1.29, 1.82) is 0 Å². The molecule has 0 N–H and O–H groups in total. The number of rotatable bonds is 6. The predicted octanol–water partition coefficient (Wildman–Crippen LogP) is 4.20. The second kappa shape index (κ2) is 7.13. The van der Waals surface area contributed by atoms with E-state index in [4.69, 9.17) is 0 Å². The Morgan fingerprint density at radius 1 is 1.26 bits per heavy atom. The van der Waals surface area contributed by atoms with E-state index in [1.54, 1.807) is 30.2 Å². The van der Waals surface area contributed by atoms with Gasteiger partial charge in [-0.15, -0.1) is 10.2 Å². The van der Waals surface area contributed by atoms with Crippen molar-refractivity contribution >= 4 is 11.8 Å². The van der Waals surface area contributed by atoms with Gasteiger partial charge in [-0.2, -0.15) is 13.2 Å². The van der Waals surface area contributed by atoms with Crippen LogP contribution in [0.1, 0.15) is 36.3 Å². The van der Waals surface area contributed by atoms with Crippen LogP contribution in [-0.2, 0) is 13.2 Å². The maximum absolute atomic E-state index is 12.7. The molecule has 8 heteroatoms. The molecule has 0 radical (unpaired) electrons. The topological polar surface area (TPSA) is 34.0 Å². The molecule has 1 aliphatic heterocycles. The van der Waals surface area contributed by atoms with Gasteiger partial charge in [0.2, 0.25) is 0 Å². The Hall–Kier alpha value is -1.54. The summed E-state index contributed by atoms with van der Waals surface area (Å²) in [6, 6.07) is 5.78. The number of nitrogens with zero attached hydrogens (tertiary/aromatic N) is 4. The fourth-order valence-corrected chi connectivity index (χ4v) is 5.02. The average Bonchev–Trinajstić information content (AvgIpc) is 2.93. The third-order valence-electron chi connectivity index (χ3n) is 5.81. The number of hydrogen-bond donors (Lipinski definition) is 0. The third kappa shape index (κ3) is 4.01. The van der Waals surface area contributed by atoms with Crippen LogP contribution in [0.15, 0.2) is 35.7 Å². The highest BCUT2D eigenvalue weighted by atomic mass is 32.2. The van der Waals surface area contributed by atoms with Gasteiger partial charge in [0.1, 0.15) is 6.33 Å². The molecule has 1 spiro atoms. The first-order valence-electron chi connectivity index (χ1n) is 9.24. The molecule has 4 nitrogen and oxygen atoms in total. The molecule has 1 saturated heterocycles. The Labute approximate surface area is 161 Å². The van der Waals surface area contributed by atoms with Gasteiger partial charge < -0.3 is 9.47 Å². The average molecular weight is 396 g/mol. The van der Waals surface area contributed by atoms with E-state index in [0.29, 0.717) is 5.92 Å². The number of halogens is 3. The van der Waals surface area contributed by atoms with Crippen molar-refractivity contribution in [3.63, 3.8) is 0 Å². The first-order valence-corrected chi connectivity index (χ1v) is 10.2. The lowest BCUT2D eigenvalue weighted by Gasteiger charge is -2.16. The number of aryl methyl sites for hydroxylation is 1. The van der Waals surface area contributed by atoms with Gasteiger partial charge in [-0.1, -0.05) is 23.9 Å². The van der Waals surface area contributed by atoms with Gasteiger partial charge in [0.15, 0.2) is 5.16 Å². The summed E-state index contributed by atoms with van der Waals surface area (Å²) >= 11 is 1.72. The molecule has 0 bridgehead atoms. The number of thioether (sulfide) groups is 1. The molecule has 1 aromatic heterocycles. The number of likely N-dealkylation sites (tertiary alicyclic amines) is 1. The van der Waals surface area contributed by atoms with Crippen molar-refractivity contribution < 1.29 is 13.2 Å². The SMILES string of the molecule is Cn1cnnc1SCCCN1CC[C@]2(C[C@@H]2c2ccc(C(F)(F)F)cc2)C1. The quantitative estimate of drug-likeness (QED) is 0.542. The van der Waals surface area contributed by atoms with E-state index < -0.39 is 11.7 Å². The minimum absolute atomic E-state index is 0.288. The zero-order valence-electron chi connectivity index (χ0n) is 15.2. The zero-order chi connectivity index (χ0) is 19.1. The van der Waals surface area contributed by atoms with Crippen LogP contribution >= 0.6 is 11.8 Å². The predicted molar refractivity (Wildman–Crippen MR) is 98.6 cm³/mol. The lowest BCUT2D eigenvalue weighted by Crippen LogP contribution is -2.23. The second-order valence-corrected chi connectivity index (χ2v) is 8.75. The molecule has 2 atom stereocenters. The summed E-state index contributed by atoms with van der Waals surface area (Å²) in [5.41, 5.74) is 0.785. The summed E-state index contributed by atoms with van der Waals surface area (Å²) in [4.78, 5) is 2.50. The van der Waals surface area contributed by atoms with Gasteiger partial charge in [-0.05, 0) is 61.4 Å². The third-order valence-corrected chi connectivity index (χ3v) is 6.93. The van der Waals surface area contributed by atoms with E-state index in [-0.39, 0.29) is 5.41 Å². The molecule has 4 rings (SSSR count). The molecule has 1 aliphatic carbocycles. The highest BCUT2D eigenvalue weighted by molar-refractivity contribution is 7.99. The summed E-state index contributed by atoms with van der Waals surface area (Å²) in [5, 5.41) is 8.90. The summed E-state index contributed by atoms with van der Waals surface area (Å²) in [6.45, 7) is 3.21. The van der Waals surface area contributed by atoms with Gasteiger partial charge in [0, 0.05) is 19.3 Å². The summed E-state index contributed by atoms with van der Waals surface area (Å²) in [6.07, 6.45) is 0.796. The van der Waals surface area contributed by atoms with Gasteiger partial charge in [-0.3, -0.25) is 0 Å². The smallest absolute Gasteiger partial charge is 0.312 e. The minimum atomic E-state index is -4.26. The Balaban J connectivity index is 1.24. The van der Waals surface area contributed by atoms with Crippen LogP contribution < -0.4 is 0 Å². The van der Waals surface area contributed by atoms with Crippen molar-refractivity contribution in [3.05, 3.63) is 41.7 Å². The van der Waals surface area contributed by atoms with E-state index in [2.05, 4.69) is 15.1 Å². The largest absolute Gasteiger partial charge is 0.416 e. The molecule has 1 aromatic carbocycles. The van der Waals surface area contributed by atoms with Crippen LogP contribution in [0, 0.1) is 5.41 Å². The first kappa shape index (κ1) is 18.8. The maximum Gasteiger partial charge on any atom is 0.416 e. The molecule has 0 unspecified atom stereocenters. The fraction of sp³-hybridized carbons (Fsp3) is 0.579. The number of benzene rings is 1. The monoisotopic (exact) mass is 396 g/mol. The van der Waals surface area contributed by atoms with Crippen molar-refractivity contribution in [3.8, 4) is 0 Å². The fourth-order valence-electron chi connectivity index (χ4n) is 4.20. The van der Waals surface area contributed by atoms with Gasteiger partial charge in [0.25, 0.3) is 0 Å². The molecular formula is C19H23F3N4S. The minimum Gasteiger partial charge on any atom is -0.312 e. The van der Waals surface area contributed by atoms with E-state index in [1.165, 1.54) is 12.1 Å². The van der Waals surface area contributed by atoms with Crippen LogP contribution in [0.5, 0.6) is 0 Å². The van der Waals surface area contributed by atoms with Crippen LogP contribution in [0.3, 0.4) is 0 Å². The summed E-state index contributed by atoms with van der Waals surface area (Å²) < 4.78 is 40.1. The number of aromatic nitrogens is 3. The summed E-state index contributed by atoms with van der Waals surface area (Å²) in [7, 11) is 1.95. The number of alkyl halides is 3. The van der Waals surface area contributed by atoms with Gasteiger partial charge >= 0.3 is 6.18 Å². The molecule has 2 heterocycles. The molecule has 146 valence electrons. The molecule has 1 saturated carbocycles. The van der Waals surface area contributed by atoms with Crippen molar-refractivity contribution in [2.24, 2.45) is 12.5 Å². The molecule has 2 fully saturated rings. The zero-order valence-corrected chi connectivity index (χ0v) is 16.1. The highest BCUT2D eigenvalue weighted by Crippen LogP contribution is 2.64. The standard InChI is InChI=1S/C19H23F3N4S/c1-25-13-23-24-17(25)27-10-2-8-26-9-7-18(12-26)11-16(18)14-3-5-15(6-4-14)19(20,21)22/h3-6,13,16H,2,7-12H2,1H3/t16-,18+/m1/s1. The molecule has 2 aromatic rings. The van der Waals surface area contributed by atoms with Crippen LogP contribution in [0.4, 0.5) is 13.2 Å². The highest BCUT2D eigenvalue weighted by Gasteiger charge is 2.57. The molecule has 27 heavy (non-hydrogen) atoms. The molecular weight excluding hydrogens is 373 g/mol. The van der Waals surface area contributed by atoms with E-state index in [9.17, 15) is 13.2 Å². The van der Waals surface area contributed by atoms with E-state index in [1.807, 2.05) is 11.6 Å². The van der Waals surface area contributed by atoms with E-state index >= 15 is 0 Å². The lowest BCUT2D eigenvalue weighted by atomic mass is 9.97. The Morgan fingerprint density at radius 2 is 2.04 bits per heavy atom. The Bertz CT molecular complexity index is 789. The first-order chi connectivity index (χ1) is 12.9. The normalized spacial score (nSPS) is 25.4. The van der Waals surface area contributed by atoms with Crippen LogP contribution in [0.2, 0.25) is 0 Å². The molecule has 0 amide bonds. The maximum atomic E-state index is 12.7.